The third kappa shape index (κ3) is 3.53. The van der Waals surface area contributed by atoms with E-state index in [2.05, 4.69) is 0 Å². The van der Waals surface area contributed by atoms with Crippen LogP contribution in [-0.4, -0.2) is 17.4 Å². The van der Waals surface area contributed by atoms with Crippen LogP contribution in [0, 0.1) is 5.92 Å². The Morgan fingerprint density at radius 3 is 2.39 bits per heavy atom. The van der Waals surface area contributed by atoms with Gasteiger partial charge in [-0.2, -0.15) is 0 Å². The van der Waals surface area contributed by atoms with Gasteiger partial charge in [-0.05, 0) is 25.5 Å². The quantitative estimate of drug-likeness (QED) is 0.804. The zero-order valence-corrected chi connectivity index (χ0v) is 11.7. The van der Waals surface area contributed by atoms with Crippen LogP contribution in [0.15, 0.2) is 30.3 Å². The van der Waals surface area contributed by atoms with Crippen molar-refractivity contribution in [2.24, 2.45) is 11.7 Å². The number of hydrogen-bond acceptors (Lipinski definition) is 2. The fourth-order valence-electron chi connectivity index (χ4n) is 1.94. The van der Waals surface area contributed by atoms with Gasteiger partial charge in [0.1, 0.15) is 0 Å². The number of benzene rings is 1. The summed E-state index contributed by atoms with van der Waals surface area (Å²) in [6.45, 7) is 4.59. The summed E-state index contributed by atoms with van der Waals surface area (Å²) in [6, 6.07) is 9.61. The maximum Gasteiger partial charge on any atom is 0.236 e. The number of rotatable bonds is 6. The van der Waals surface area contributed by atoms with Crippen molar-refractivity contribution in [2.75, 3.05) is 11.4 Å². The fraction of sp³-hybridized carbons (Fsp3) is 0.429. The Kier molecular flexibility index (Phi) is 5.78. The molecule has 0 saturated carbocycles. The average Bonchev–Trinajstić information content (AvgIpc) is 2.37. The maximum absolute atomic E-state index is 12.5. The van der Waals surface area contributed by atoms with Crippen LogP contribution < -0.4 is 10.6 Å². The molecule has 1 atom stereocenters. The van der Waals surface area contributed by atoms with Crippen LogP contribution in [0.4, 0.5) is 5.69 Å². The number of carbonyl (C=O) groups is 1. The first-order valence-corrected chi connectivity index (χ1v) is 6.68. The molecule has 3 nitrogen and oxygen atoms in total. The number of hydrogen-bond donors (Lipinski definition) is 1. The lowest BCUT2D eigenvalue weighted by Gasteiger charge is -2.25. The normalized spacial score (nSPS) is 11.9. The molecule has 0 fully saturated rings. The van der Waals surface area contributed by atoms with Gasteiger partial charge in [0.15, 0.2) is 0 Å². The van der Waals surface area contributed by atoms with Gasteiger partial charge in [0.05, 0.1) is 10.9 Å². The van der Waals surface area contributed by atoms with Gasteiger partial charge in [-0.15, -0.1) is 0 Å². The van der Waals surface area contributed by atoms with Gasteiger partial charge in [0.25, 0.3) is 0 Å². The lowest BCUT2D eigenvalue weighted by atomic mass is 10.0. The van der Waals surface area contributed by atoms with Gasteiger partial charge >= 0.3 is 0 Å². The van der Waals surface area contributed by atoms with Crippen molar-refractivity contribution in [3.05, 3.63) is 30.3 Å². The van der Waals surface area contributed by atoms with Gasteiger partial charge in [0.2, 0.25) is 5.91 Å². The summed E-state index contributed by atoms with van der Waals surface area (Å²) >= 11 is 5.01. The molecule has 0 aliphatic rings. The first-order chi connectivity index (χ1) is 8.61. The number of nitrogens with zero attached hydrogens (tertiary/aromatic N) is 1. The smallest absolute Gasteiger partial charge is 0.236 e. The number of thiocarbonyl (C=S) groups is 1. The highest BCUT2D eigenvalue weighted by atomic mass is 32.1. The Labute approximate surface area is 114 Å². The lowest BCUT2D eigenvalue weighted by molar-refractivity contribution is -0.120. The molecule has 0 bridgehead atoms. The summed E-state index contributed by atoms with van der Waals surface area (Å²) in [6.07, 6.45) is 1.59. The molecule has 0 aliphatic carbocycles. The number of carbonyl (C=O) groups excluding carboxylic acids is 1. The highest BCUT2D eigenvalue weighted by molar-refractivity contribution is 7.80. The second kappa shape index (κ2) is 7.11. The molecule has 98 valence electrons. The van der Waals surface area contributed by atoms with Crippen LogP contribution in [0.5, 0.6) is 0 Å². The summed E-state index contributed by atoms with van der Waals surface area (Å²) in [5, 5.41) is 0. The summed E-state index contributed by atoms with van der Waals surface area (Å²) < 4.78 is 0. The summed E-state index contributed by atoms with van der Waals surface area (Å²) in [5.41, 5.74) is 6.57. The molecule has 0 aliphatic heterocycles. The number of para-hydroxylation sites is 1. The predicted octanol–water partition coefficient (Wildman–Crippen LogP) is 2.74. The molecule has 0 heterocycles. The Hall–Kier alpha value is -1.42. The van der Waals surface area contributed by atoms with Crippen molar-refractivity contribution in [3.63, 3.8) is 0 Å². The first kappa shape index (κ1) is 14.6. The van der Waals surface area contributed by atoms with E-state index in [-0.39, 0.29) is 16.8 Å². The molecular weight excluding hydrogens is 244 g/mol. The van der Waals surface area contributed by atoms with Crippen molar-refractivity contribution < 1.29 is 4.79 Å². The van der Waals surface area contributed by atoms with Crippen LogP contribution >= 0.6 is 12.2 Å². The maximum atomic E-state index is 12.5. The van der Waals surface area contributed by atoms with E-state index < -0.39 is 0 Å². The fourth-order valence-corrected chi connectivity index (χ4v) is 2.16. The third-order valence-electron chi connectivity index (χ3n) is 2.87. The van der Waals surface area contributed by atoms with E-state index >= 15 is 0 Å². The SMILES string of the molecule is CCCC(C(=O)N(CC)c1ccccc1)C(N)=S. The lowest BCUT2D eigenvalue weighted by Crippen LogP contribution is -2.41. The van der Waals surface area contributed by atoms with E-state index in [1.165, 1.54) is 0 Å². The highest BCUT2D eigenvalue weighted by Crippen LogP contribution is 2.18. The largest absolute Gasteiger partial charge is 0.393 e. The van der Waals surface area contributed by atoms with E-state index in [0.29, 0.717) is 13.0 Å². The molecule has 1 rings (SSSR count). The van der Waals surface area contributed by atoms with E-state index in [1.807, 2.05) is 44.2 Å². The molecule has 0 spiro atoms. The summed E-state index contributed by atoms with van der Waals surface area (Å²) in [4.78, 5) is 14.5. The molecule has 1 unspecified atom stereocenters. The molecular formula is C14H20N2OS. The van der Waals surface area contributed by atoms with Gasteiger partial charge < -0.3 is 10.6 Å². The molecule has 4 heteroatoms. The summed E-state index contributed by atoms with van der Waals surface area (Å²) in [5.74, 6) is -0.358. The predicted molar refractivity (Wildman–Crippen MR) is 79.7 cm³/mol. The summed E-state index contributed by atoms with van der Waals surface area (Å²) in [7, 11) is 0. The van der Waals surface area contributed by atoms with E-state index in [4.69, 9.17) is 18.0 Å². The van der Waals surface area contributed by atoms with Gasteiger partial charge in [0, 0.05) is 12.2 Å². The number of amides is 1. The van der Waals surface area contributed by atoms with Crippen molar-refractivity contribution in [3.8, 4) is 0 Å². The van der Waals surface area contributed by atoms with Crippen LogP contribution in [0.1, 0.15) is 26.7 Å². The Morgan fingerprint density at radius 1 is 1.33 bits per heavy atom. The zero-order valence-electron chi connectivity index (χ0n) is 10.9. The minimum absolute atomic E-state index is 0.00181. The van der Waals surface area contributed by atoms with Crippen molar-refractivity contribution in [2.45, 2.75) is 26.7 Å². The minimum atomic E-state index is -0.356. The second-order valence-electron chi connectivity index (χ2n) is 4.16. The Balaban J connectivity index is 2.94. The topological polar surface area (TPSA) is 46.3 Å². The molecule has 0 radical (unpaired) electrons. The minimum Gasteiger partial charge on any atom is -0.393 e. The van der Waals surface area contributed by atoms with E-state index in [0.717, 1.165) is 12.1 Å². The van der Waals surface area contributed by atoms with Gasteiger partial charge in [-0.3, -0.25) is 4.79 Å². The highest BCUT2D eigenvalue weighted by Gasteiger charge is 2.25. The van der Waals surface area contributed by atoms with Crippen LogP contribution in [-0.2, 0) is 4.79 Å². The third-order valence-corrected chi connectivity index (χ3v) is 3.15. The molecule has 2 N–H and O–H groups in total. The first-order valence-electron chi connectivity index (χ1n) is 6.27. The monoisotopic (exact) mass is 264 g/mol. The molecule has 0 saturated heterocycles. The van der Waals surface area contributed by atoms with Crippen LogP contribution in [0.3, 0.4) is 0 Å². The van der Waals surface area contributed by atoms with Gasteiger partial charge in [-0.25, -0.2) is 0 Å². The Morgan fingerprint density at radius 2 is 1.94 bits per heavy atom. The van der Waals surface area contributed by atoms with Crippen LogP contribution in [0.2, 0.25) is 0 Å². The van der Waals surface area contributed by atoms with E-state index in [1.54, 1.807) is 4.90 Å². The number of nitrogens with two attached hydrogens (primary N) is 1. The molecule has 1 aromatic carbocycles. The van der Waals surface area contributed by atoms with Crippen molar-refractivity contribution in [1.29, 1.82) is 0 Å². The average molecular weight is 264 g/mol. The van der Waals surface area contributed by atoms with Crippen LogP contribution in [0.25, 0.3) is 0 Å². The molecule has 0 aromatic heterocycles. The number of anilines is 1. The standard InChI is InChI=1S/C14H20N2OS/c1-3-8-12(13(15)18)14(17)16(4-2)11-9-6-5-7-10-11/h5-7,9-10,12H,3-4,8H2,1-2H3,(H2,15,18). The van der Waals surface area contributed by atoms with Crippen molar-refractivity contribution >= 4 is 28.8 Å². The molecule has 1 aromatic rings. The second-order valence-corrected chi connectivity index (χ2v) is 4.63. The van der Waals surface area contributed by atoms with Crippen molar-refractivity contribution in [1.82, 2.24) is 0 Å². The zero-order chi connectivity index (χ0) is 13.5. The molecule has 18 heavy (non-hydrogen) atoms. The Bertz CT molecular complexity index is 406. The molecule has 1 amide bonds. The van der Waals surface area contributed by atoms with E-state index in [9.17, 15) is 4.79 Å². The van der Waals surface area contributed by atoms with Gasteiger partial charge in [-0.1, -0.05) is 43.8 Å².